The molecular formula is C15H25ClN4. The summed E-state index contributed by atoms with van der Waals surface area (Å²) in [5.41, 5.74) is -0.0891. The molecule has 0 atom stereocenters. The molecule has 0 aliphatic carbocycles. The molecule has 0 radical (unpaired) electrons. The number of piperidine rings is 1. The van der Waals surface area contributed by atoms with Crippen molar-refractivity contribution in [1.29, 1.82) is 0 Å². The summed E-state index contributed by atoms with van der Waals surface area (Å²) in [5.74, 6) is 1.61. The summed E-state index contributed by atoms with van der Waals surface area (Å²) in [5, 5.41) is 3.87. The lowest BCUT2D eigenvalue weighted by molar-refractivity contribution is 0.237. The van der Waals surface area contributed by atoms with Crippen LogP contribution in [0.2, 0.25) is 5.15 Å². The number of likely N-dealkylation sites (tertiary alicyclic amines) is 1. The van der Waals surface area contributed by atoms with Crippen LogP contribution in [0.5, 0.6) is 0 Å². The smallest absolute Gasteiger partial charge is 0.137 e. The zero-order valence-corrected chi connectivity index (χ0v) is 13.5. The van der Waals surface area contributed by atoms with Crippen molar-refractivity contribution >= 4 is 17.4 Å². The van der Waals surface area contributed by atoms with Crippen LogP contribution in [-0.2, 0) is 5.41 Å². The Morgan fingerprint density at radius 2 is 1.90 bits per heavy atom. The highest BCUT2D eigenvalue weighted by atomic mass is 35.5. The highest BCUT2D eigenvalue weighted by Crippen LogP contribution is 2.22. The number of nitrogens with one attached hydrogen (secondary N) is 1. The zero-order valence-electron chi connectivity index (χ0n) is 12.7. The van der Waals surface area contributed by atoms with Crippen molar-refractivity contribution in [2.75, 3.05) is 31.5 Å². The van der Waals surface area contributed by atoms with Crippen molar-refractivity contribution in [2.45, 2.75) is 45.4 Å². The maximum Gasteiger partial charge on any atom is 0.137 e. The summed E-state index contributed by atoms with van der Waals surface area (Å²) in [4.78, 5) is 11.4. The van der Waals surface area contributed by atoms with E-state index in [9.17, 15) is 0 Å². The van der Waals surface area contributed by atoms with Crippen LogP contribution in [0.15, 0.2) is 6.07 Å². The fraction of sp³-hybridized carbons (Fsp3) is 0.733. The standard InChI is InChI=1S/C15H25ClN4/c1-15(2,3)14-18-12(16)11-13(19-14)17-7-10-20-8-5-4-6-9-20/h11H,4-10H2,1-3H3,(H,17,18,19). The number of rotatable bonds is 4. The quantitative estimate of drug-likeness (QED) is 0.865. The van der Waals surface area contributed by atoms with Crippen LogP contribution in [0.4, 0.5) is 5.82 Å². The Hall–Kier alpha value is -0.870. The van der Waals surface area contributed by atoms with Gasteiger partial charge in [-0.2, -0.15) is 0 Å². The minimum Gasteiger partial charge on any atom is -0.369 e. The highest BCUT2D eigenvalue weighted by molar-refractivity contribution is 6.29. The predicted molar refractivity (Wildman–Crippen MR) is 84.5 cm³/mol. The number of anilines is 1. The van der Waals surface area contributed by atoms with Gasteiger partial charge in [0.25, 0.3) is 0 Å². The Labute approximate surface area is 126 Å². The van der Waals surface area contributed by atoms with Gasteiger partial charge in [-0.3, -0.25) is 0 Å². The average molecular weight is 297 g/mol. The van der Waals surface area contributed by atoms with Crippen molar-refractivity contribution < 1.29 is 0 Å². The Balaban J connectivity index is 1.90. The van der Waals surface area contributed by atoms with E-state index >= 15 is 0 Å². The van der Waals surface area contributed by atoms with E-state index in [0.29, 0.717) is 5.15 Å². The first-order chi connectivity index (χ1) is 9.45. The molecule has 1 saturated heterocycles. The Bertz CT molecular complexity index is 436. The Kier molecular flexibility index (Phi) is 5.22. The van der Waals surface area contributed by atoms with Crippen LogP contribution in [0.25, 0.3) is 0 Å². The highest BCUT2D eigenvalue weighted by Gasteiger charge is 2.18. The van der Waals surface area contributed by atoms with Gasteiger partial charge in [-0.15, -0.1) is 0 Å². The fourth-order valence-electron chi connectivity index (χ4n) is 2.37. The van der Waals surface area contributed by atoms with Gasteiger partial charge < -0.3 is 10.2 Å². The molecule has 2 heterocycles. The lowest BCUT2D eigenvalue weighted by Crippen LogP contribution is -2.33. The molecule has 0 spiro atoms. The third-order valence-electron chi connectivity index (χ3n) is 3.55. The molecule has 5 heteroatoms. The van der Waals surface area contributed by atoms with Gasteiger partial charge in [-0.1, -0.05) is 38.8 Å². The maximum atomic E-state index is 6.08. The molecule has 1 N–H and O–H groups in total. The summed E-state index contributed by atoms with van der Waals surface area (Å²) < 4.78 is 0. The first-order valence-electron chi connectivity index (χ1n) is 7.46. The van der Waals surface area contributed by atoms with Gasteiger partial charge in [-0.05, 0) is 25.9 Å². The molecule has 0 amide bonds. The molecule has 112 valence electrons. The molecule has 0 unspecified atom stereocenters. The second kappa shape index (κ2) is 6.72. The fourth-order valence-corrected chi connectivity index (χ4v) is 2.55. The van der Waals surface area contributed by atoms with Crippen LogP contribution in [0.1, 0.15) is 45.9 Å². The first kappa shape index (κ1) is 15.5. The molecule has 1 aromatic heterocycles. The lowest BCUT2D eigenvalue weighted by Gasteiger charge is -2.26. The summed E-state index contributed by atoms with van der Waals surface area (Å²) in [7, 11) is 0. The summed E-state index contributed by atoms with van der Waals surface area (Å²) in [6, 6.07) is 1.80. The van der Waals surface area contributed by atoms with E-state index in [4.69, 9.17) is 11.6 Å². The number of hydrogen-bond acceptors (Lipinski definition) is 4. The zero-order chi connectivity index (χ0) is 14.6. The van der Waals surface area contributed by atoms with Crippen molar-refractivity contribution in [3.05, 3.63) is 17.0 Å². The van der Waals surface area contributed by atoms with Crippen LogP contribution in [-0.4, -0.2) is 41.0 Å². The van der Waals surface area contributed by atoms with Gasteiger partial charge >= 0.3 is 0 Å². The Morgan fingerprint density at radius 1 is 1.20 bits per heavy atom. The van der Waals surface area contributed by atoms with E-state index in [1.165, 1.54) is 32.4 Å². The number of nitrogens with zero attached hydrogens (tertiary/aromatic N) is 3. The molecule has 0 bridgehead atoms. The minimum atomic E-state index is -0.0891. The van der Waals surface area contributed by atoms with Crippen molar-refractivity contribution in [3.8, 4) is 0 Å². The summed E-state index contributed by atoms with van der Waals surface area (Å²) in [6.07, 6.45) is 4.03. The lowest BCUT2D eigenvalue weighted by atomic mass is 9.96. The molecule has 1 aliphatic heterocycles. The van der Waals surface area contributed by atoms with Crippen molar-refractivity contribution in [1.82, 2.24) is 14.9 Å². The largest absolute Gasteiger partial charge is 0.369 e. The normalized spacial score (nSPS) is 17.2. The summed E-state index contributed by atoms with van der Waals surface area (Å²) in [6.45, 7) is 10.7. The SMILES string of the molecule is CC(C)(C)c1nc(Cl)cc(NCCN2CCCCC2)n1. The molecule has 0 saturated carbocycles. The van der Waals surface area contributed by atoms with Gasteiger partial charge in [0.05, 0.1) is 0 Å². The molecule has 1 fully saturated rings. The van der Waals surface area contributed by atoms with Crippen LogP contribution < -0.4 is 5.32 Å². The maximum absolute atomic E-state index is 6.08. The second-order valence-corrected chi connectivity index (χ2v) is 6.87. The van der Waals surface area contributed by atoms with Crippen LogP contribution >= 0.6 is 11.6 Å². The third-order valence-corrected chi connectivity index (χ3v) is 3.74. The third kappa shape index (κ3) is 4.60. The molecule has 4 nitrogen and oxygen atoms in total. The van der Waals surface area contributed by atoms with E-state index in [1.807, 2.05) is 0 Å². The van der Waals surface area contributed by atoms with E-state index in [1.54, 1.807) is 6.07 Å². The number of halogens is 1. The summed E-state index contributed by atoms with van der Waals surface area (Å²) >= 11 is 6.08. The predicted octanol–water partition coefficient (Wildman–Crippen LogP) is 3.33. The van der Waals surface area contributed by atoms with E-state index in [0.717, 1.165) is 24.7 Å². The van der Waals surface area contributed by atoms with Crippen LogP contribution in [0, 0.1) is 0 Å². The van der Waals surface area contributed by atoms with E-state index < -0.39 is 0 Å². The van der Waals surface area contributed by atoms with Gasteiger partial charge in [0.1, 0.15) is 16.8 Å². The van der Waals surface area contributed by atoms with Gasteiger partial charge in [-0.25, -0.2) is 9.97 Å². The molecular weight excluding hydrogens is 272 g/mol. The van der Waals surface area contributed by atoms with E-state index in [-0.39, 0.29) is 5.41 Å². The second-order valence-electron chi connectivity index (χ2n) is 6.48. The average Bonchev–Trinajstić information content (AvgIpc) is 2.38. The molecule has 1 aliphatic rings. The van der Waals surface area contributed by atoms with Crippen LogP contribution in [0.3, 0.4) is 0 Å². The van der Waals surface area contributed by atoms with Gasteiger partial charge in [0.15, 0.2) is 0 Å². The molecule has 0 aromatic carbocycles. The molecule has 2 rings (SSSR count). The first-order valence-corrected chi connectivity index (χ1v) is 7.84. The van der Waals surface area contributed by atoms with E-state index in [2.05, 4.69) is 41.0 Å². The van der Waals surface area contributed by atoms with Crippen molar-refractivity contribution in [3.63, 3.8) is 0 Å². The van der Waals surface area contributed by atoms with Gasteiger partial charge in [0.2, 0.25) is 0 Å². The monoisotopic (exact) mass is 296 g/mol. The number of hydrogen-bond donors (Lipinski definition) is 1. The Morgan fingerprint density at radius 3 is 2.55 bits per heavy atom. The number of aromatic nitrogens is 2. The van der Waals surface area contributed by atoms with Gasteiger partial charge in [0, 0.05) is 24.6 Å². The topological polar surface area (TPSA) is 41.1 Å². The minimum absolute atomic E-state index is 0.0891. The molecule has 1 aromatic rings. The van der Waals surface area contributed by atoms with Crippen molar-refractivity contribution in [2.24, 2.45) is 0 Å². The molecule has 20 heavy (non-hydrogen) atoms.